The molecule has 3 aromatic carbocycles. The first-order valence-corrected chi connectivity index (χ1v) is 13.5. The molecule has 0 aliphatic heterocycles. The average molecular weight is 494 g/mol. The number of anilines is 2. The molecule has 1 saturated carbocycles. The lowest BCUT2D eigenvalue weighted by Crippen LogP contribution is -2.25. The summed E-state index contributed by atoms with van der Waals surface area (Å²) in [5.74, 6) is 0.614. The number of aryl methyl sites for hydroxylation is 1. The van der Waals surface area contributed by atoms with Gasteiger partial charge in [0.2, 0.25) is 0 Å². The second kappa shape index (κ2) is 13.1. The Bertz CT molecular complexity index is 1240. The smallest absolute Gasteiger partial charge is 0.272 e. The molecule has 3 aromatic rings. The van der Waals surface area contributed by atoms with Crippen molar-refractivity contribution >= 4 is 17.3 Å². The summed E-state index contributed by atoms with van der Waals surface area (Å²) in [7, 11) is 0. The third-order valence-corrected chi connectivity index (χ3v) is 6.68. The monoisotopic (exact) mass is 493 g/mol. The Morgan fingerprint density at radius 3 is 2.30 bits per heavy atom. The van der Waals surface area contributed by atoms with E-state index in [1.165, 1.54) is 24.0 Å². The van der Waals surface area contributed by atoms with Gasteiger partial charge in [0.15, 0.2) is 0 Å². The third-order valence-electron chi connectivity index (χ3n) is 6.68. The molecule has 1 amide bonds. The van der Waals surface area contributed by atoms with Crippen molar-refractivity contribution in [3.8, 4) is 0 Å². The Balaban J connectivity index is 1.56. The van der Waals surface area contributed by atoms with E-state index in [-0.39, 0.29) is 11.9 Å². The highest BCUT2D eigenvalue weighted by molar-refractivity contribution is 6.06. The van der Waals surface area contributed by atoms with Crippen LogP contribution in [0.25, 0.3) is 0 Å². The lowest BCUT2D eigenvalue weighted by molar-refractivity contribution is -0.112. The number of nitrogens with one attached hydrogen (secondary N) is 3. The number of benzene rings is 3. The average Bonchev–Trinajstić information content (AvgIpc) is 3.74. The predicted molar refractivity (Wildman–Crippen MR) is 156 cm³/mol. The van der Waals surface area contributed by atoms with E-state index in [0.717, 1.165) is 47.8 Å². The maximum Gasteiger partial charge on any atom is 0.272 e. The van der Waals surface area contributed by atoms with Crippen molar-refractivity contribution in [2.45, 2.75) is 52.5 Å². The molecule has 4 heteroatoms. The van der Waals surface area contributed by atoms with Gasteiger partial charge in [0.05, 0.1) is 6.04 Å². The largest absolute Gasteiger partial charge is 0.351 e. The molecule has 0 saturated heterocycles. The van der Waals surface area contributed by atoms with Crippen LogP contribution in [0.4, 0.5) is 11.4 Å². The van der Waals surface area contributed by atoms with E-state index in [9.17, 15) is 4.79 Å². The highest BCUT2D eigenvalue weighted by Gasteiger charge is 2.23. The minimum Gasteiger partial charge on any atom is -0.351 e. The summed E-state index contributed by atoms with van der Waals surface area (Å²) in [4.78, 5) is 13.5. The van der Waals surface area contributed by atoms with Gasteiger partial charge in [-0.3, -0.25) is 4.79 Å². The Labute approximate surface area is 221 Å². The van der Waals surface area contributed by atoms with E-state index in [0.29, 0.717) is 5.70 Å². The van der Waals surface area contributed by atoms with Gasteiger partial charge in [-0.2, -0.15) is 0 Å². The topological polar surface area (TPSA) is 53.2 Å². The summed E-state index contributed by atoms with van der Waals surface area (Å²) in [6.07, 6.45) is 8.51. The fraction of sp³-hybridized carbons (Fsp3) is 0.303. The molecule has 3 N–H and O–H groups in total. The van der Waals surface area contributed by atoms with Crippen LogP contribution in [0.1, 0.15) is 62.8 Å². The minimum atomic E-state index is -0.162. The van der Waals surface area contributed by atoms with E-state index in [1.54, 1.807) is 0 Å². The fourth-order valence-electron chi connectivity index (χ4n) is 4.47. The zero-order valence-corrected chi connectivity index (χ0v) is 22.3. The lowest BCUT2D eigenvalue weighted by Gasteiger charge is -2.21. The van der Waals surface area contributed by atoms with Gasteiger partial charge >= 0.3 is 0 Å². The fourth-order valence-corrected chi connectivity index (χ4v) is 4.47. The van der Waals surface area contributed by atoms with Crippen molar-refractivity contribution in [2.24, 2.45) is 5.92 Å². The van der Waals surface area contributed by atoms with Gasteiger partial charge in [-0.15, -0.1) is 0 Å². The van der Waals surface area contributed by atoms with E-state index < -0.39 is 0 Å². The van der Waals surface area contributed by atoms with Crippen LogP contribution in [-0.2, 0) is 11.2 Å². The summed E-state index contributed by atoms with van der Waals surface area (Å²) in [6.45, 7) is 7.26. The van der Waals surface area contributed by atoms with Crippen LogP contribution in [-0.4, -0.2) is 12.5 Å². The lowest BCUT2D eigenvalue weighted by atomic mass is 9.98. The Kier molecular flexibility index (Phi) is 9.34. The number of hydrogen-bond acceptors (Lipinski definition) is 3. The van der Waals surface area contributed by atoms with Crippen LogP contribution in [0.5, 0.6) is 0 Å². The minimum absolute atomic E-state index is 0.0818. The number of hydrogen-bond donors (Lipinski definition) is 3. The number of amides is 1. The maximum absolute atomic E-state index is 13.5. The molecule has 1 fully saturated rings. The first kappa shape index (κ1) is 26.4. The molecule has 1 aliphatic rings. The van der Waals surface area contributed by atoms with Crippen molar-refractivity contribution in [2.75, 3.05) is 17.2 Å². The first-order chi connectivity index (χ1) is 18.1. The van der Waals surface area contributed by atoms with Crippen LogP contribution in [0.2, 0.25) is 0 Å². The summed E-state index contributed by atoms with van der Waals surface area (Å²) in [5, 5.41) is 10.3. The molecule has 0 bridgehead atoms. The van der Waals surface area contributed by atoms with Gasteiger partial charge in [0.1, 0.15) is 5.70 Å². The van der Waals surface area contributed by atoms with Gasteiger partial charge in [-0.05, 0) is 92.1 Å². The second-order valence-corrected chi connectivity index (χ2v) is 9.87. The van der Waals surface area contributed by atoms with Crippen LogP contribution in [0.15, 0.2) is 102 Å². The SMILES string of the molecule is CC/C=C(C)/C=C(\Nc1cccc(CC)c1)C(=O)Nc1cccc(C(NCC2CC2)c2ccccc2)c1. The molecule has 0 radical (unpaired) electrons. The van der Waals surface area contributed by atoms with E-state index >= 15 is 0 Å². The molecule has 0 aromatic heterocycles. The van der Waals surface area contributed by atoms with E-state index in [1.807, 2.05) is 43.3 Å². The van der Waals surface area contributed by atoms with Gasteiger partial charge in [0, 0.05) is 11.4 Å². The first-order valence-electron chi connectivity index (χ1n) is 13.5. The quantitative estimate of drug-likeness (QED) is 0.180. The van der Waals surface area contributed by atoms with Crippen LogP contribution in [0, 0.1) is 5.92 Å². The van der Waals surface area contributed by atoms with Crippen molar-refractivity contribution in [3.05, 3.63) is 119 Å². The molecule has 37 heavy (non-hydrogen) atoms. The molecule has 1 aliphatic carbocycles. The predicted octanol–water partition coefficient (Wildman–Crippen LogP) is 7.63. The third kappa shape index (κ3) is 7.93. The number of carbonyl (C=O) groups is 1. The van der Waals surface area contributed by atoms with Crippen LogP contribution >= 0.6 is 0 Å². The van der Waals surface area contributed by atoms with Crippen molar-refractivity contribution in [1.82, 2.24) is 5.32 Å². The van der Waals surface area contributed by atoms with Crippen molar-refractivity contribution in [3.63, 3.8) is 0 Å². The molecular formula is C33H39N3O. The summed E-state index contributed by atoms with van der Waals surface area (Å²) >= 11 is 0. The molecular weight excluding hydrogens is 454 g/mol. The molecule has 4 nitrogen and oxygen atoms in total. The molecule has 1 atom stereocenters. The van der Waals surface area contributed by atoms with Gasteiger partial charge < -0.3 is 16.0 Å². The summed E-state index contributed by atoms with van der Waals surface area (Å²) in [6, 6.07) is 27.0. The van der Waals surface area contributed by atoms with Crippen molar-refractivity contribution < 1.29 is 4.79 Å². The Morgan fingerprint density at radius 1 is 0.892 bits per heavy atom. The second-order valence-electron chi connectivity index (χ2n) is 9.87. The van der Waals surface area contributed by atoms with Crippen LogP contribution in [0.3, 0.4) is 0 Å². The zero-order valence-electron chi connectivity index (χ0n) is 22.3. The zero-order chi connectivity index (χ0) is 26.0. The number of allylic oxidation sites excluding steroid dienone is 3. The Morgan fingerprint density at radius 2 is 1.59 bits per heavy atom. The summed E-state index contributed by atoms with van der Waals surface area (Å²) < 4.78 is 0. The highest BCUT2D eigenvalue weighted by Crippen LogP contribution is 2.31. The van der Waals surface area contributed by atoms with Gasteiger partial charge in [0.25, 0.3) is 5.91 Å². The normalized spacial score (nSPS) is 14.8. The molecule has 1 unspecified atom stereocenters. The number of rotatable bonds is 12. The maximum atomic E-state index is 13.5. The van der Waals surface area contributed by atoms with E-state index in [4.69, 9.17) is 0 Å². The molecule has 4 rings (SSSR count). The van der Waals surface area contributed by atoms with E-state index in [2.05, 4.69) is 84.4 Å². The summed E-state index contributed by atoms with van der Waals surface area (Å²) in [5.41, 5.74) is 6.85. The standard InChI is InChI=1S/C33H39N3O/c1-4-11-24(3)20-31(35-29-16-9-12-25(5-2)21-29)33(37)36-30-17-10-15-28(22-30)32(34-23-26-18-19-26)27-13-7-6-8-14-27/h6-17,20-22,26,32,34-35H,4-5,18-19,23H2,1-3H3,(H,36,37)/b24-11+,31-20-. The molecule has 192 valence electrons. The number of carbonyl (C=O) groups excluding carboxylic acids is 1. The molecule has 0 heterocycles. The van der Waals surface area contributed by atoms with Crippen molar-refractivity contribution in [1.29, 1.82) is 0 Å². The molecule has 0 spiro atoms. The van der Waals surface area contributed by atoms with Gasteiger partial charge in [-0.1, -0.05) is 80.1 Å². The van der Waals surface area contributed by atoms with Crippen LogP contribution < -0.4 is 16.0 Å². The van der Waals surface area contributed by atoms with Gasteiger partial charge in [-0.25, -0.2) is 0 Å². The highest BCUT2D eigenvalue weighted by atomic mass is 16.2. The Hall–Kier alpha value is -3.63.